The molecule has 6 nitrogen and oxygen atoms in total. The van der Waals surface area contributed by atoms with Crippen molar-refractivity contribution in [2.24, 2.45) is 5.92 Å². The van der Waals surface area contributed by atoms with E-state index in [1.54, 1.807) is 0 Å². The van der Waals surface area contributed by atoms with Crippen LogP contribution in [-0.2, 0) is 19.3 Å². The molecule has 48 heavy (non-hydrogen) atoms. The third-order valence-electron chi connectivity index (χ3n) is 10.8. The van der Waals surface area contributed by atoms with Crippen molar-refractivity contribution >= 4 is 0 Å². The van der Waals surface area contributed by atoms with Crippen LogP contribution in [0.25, 0.3) is 0 Å². The molecule has 3 N–H and O–H groups in total. The number of fused-ring (bicyclic) bond motifs is 3. The van der Waals surface area contributed by atoms with Crippen LogP contribution in [0.5, 0.6) is 17.2 Å². The largest absolute Gasteiger partial charge is 0.494 e. The highest BCUT2D eigenvalue weighted by Gasteiger charge is 2.25. The Balaban J connectivity index is 1.08. The van der Waals surface area contributed by atoms with Gasteiger partial charge in [0.1, 0.15) is 17.2 Å². The van der Waals surface area contributed by atoms with Gasteiger partial charge in [0.15, 0.2) is 0 Å². The van der Waals surface area contributed by atoms with E-state index in [4.69, 9.17) is 14.2 Å². The smallest absolute Gasteiger partial charge is 0.119 e. The Morgan fingerprint density at radius 1 is 0.521 bits per heavy atom. The van der Waals surface area contributed by atoms with Crippen LogP contribution < -0.4 is 30.2 Å². The summed E-state index contributed by atoms with van der Waals surface area (Å²) < 4.78 is 17.5. The van der Waals surface area contributed by atoms with Gasteiger partial charge >= 0.3 is 0 Å². The highest BCUT2D eigenvalue weighted by molar-refractivity contribution is 5.41. The van der Waals surface area contributed by atoms with Gasteiger partial charge in [0.25, 0.3) is 0 Å². The molecule has 260 valence electrons. The molecule has 3 aliphatic heterocycles. The van der Waals surface area contributed by atoms with Crippen LogP contribution in [0, 0.1) is 5.92 Å². The van der Waals surface area contributed by atoms with Crippen molar-refractivity contribution in [3.05, 3.63) is 88.0 Å². The summed E-state index contributed by atoms with van der Waals surface area (Å²) in [6, 6.07) is 21.6. The van der Waals surface area contributed by atoms with Gasteiger partial charge in [0, 0.05) is 18.1 Å². The standard InChI is InChI=1S/C42H59N3O3/c1-4-46-34-13-16-37-31(27-34)21-24-43-40(37)10-8-7-9-30(11-19-41-38-17-14-35(47-5-2)28-32(38)22-25-44-41)12-20-42-39-18-15-36(48-6-3)29-33(39)23-26-45-42/h13-18,27-30,40-45H,4-12,19-26H2,1-3H3. The van der Waals surface area contributed by atoms with E-state index in [2.05, 4.69) is 91.3 Å². The number of hydrogen-bond donors (Lipinski definition) is 3. The fraction of sp³-hybridized carbons (Fsp3) is 0.571. The number of ether oxygens (including phenoxy) is 3. The van der Waals surface area contributed by atoms with Crippen LogP contribution in [-0.4, -0.2) is 39.5 Å². The van der Waals surface area contributed by atoms with Gasteiger partial charge < -0.3 is 30.2 Å². The Hall–Kier alpha value is -3.06. The Kier molecular flexibility index (Phi) is 12.7. The molecule has 6 rings (SSSR count). The van der Waals surface area contributed by atoms with Crippen LogP contribution >= 0.6 is 0 Å². The first-order chi connectivity index (χ1) is 23.6. The van der Waals surface area contributed by atoms with Crippen molar-refractivity contribution < 1.29 is 14.2 Å². The SMILES string of the molecule is CCOc1ccc2c(c1)CCNC2CCCCC(CCC1NCCc2cc(OCC)ccc21)CCC1NCCc2cc(OCC)ccc21. The summed E-state index contributed by atoms with van der Waals surface area (Å²) in [5.41, 5.74) is 8.82. The van der Waals surface area contributed by atoms with Gasteiger partial charge in [-0.15, -0.1) is 0 Å². The topological polar surface area (TPSA) is 63.8 Å². The van der Waals surface area contributed by atoms with E-state index >= 15 is 0 Å². The highest BCUT2D eigenvalue weighted by Crippen LogP contribution is 2.36. The molecule has 3 atom stereocenters. The van der Waals surface area contributed by atoms with Gasteiger partial charge in [-0.1, -0.05) is 37.5 Å². The molecule has 6 heteroatoms. The zero-order valence-electron chi connectivity index (χ0n) is 29.8. The molecule has 0 saturated carbocycles. The molecule has 3 heterocycles. The molecule has 0 amide bonds. The van der Waals surface area contributed by atoms with Crippen LogP contribution in [0.15, 0.2) is 54.6 Å². The van der Waals surface area contributed by atoms with E-state index < -0.39 is 0 Å². The first kappa shape index (κ1) is 34.8. The third kappa shape index (κ3) is 8.94. The monoisotopic (exact) mass is 653 g/mol. The molecule has 0 spiro atoms. The highest BCUT2D eigenvalue weighted by atomic mass is 16.5. The molecular weight excluding hydrogens is 594 g/mol. The Morgan fingerprint density at radius 2 is 0.917 bits per heavy atom. The maximum Gasteiger partial charge on any atom is 0.119 e. The van der Waals surface area contributed by atoms with Crippen molar-refractivity contribution in [2.45, 2.75) is 110 Å². The zero-order chi connectivity index (χ0) is 33.1. The molecule has 0 radical (unpaired) electrons. The van der Waals surface area contributed by atoms with Crippen LogP contribution in [0.1, 0.15) is 124 Å². The lowest BCUT2D eigenvalue weighted by atomic mass is 9.83. The van der Waals surface area contributed by atoms with Gasteiger partial charge in [0.05, 0.1) is 19.8 Å². The summed E-state index contributed by atoms with van der Waals surface area (Å²) in [5.74, 6) is 3.74. The maximum atomic E-state index is 5.83. The van der Waals surface area contributed by atoms with Crippen LogP contribution in [0.4, 0.5) is 0 Å². The van der Waals surface area contributed by atoms with Gasteiger partial charge in [-0.2, -0.15) is 0 Å². The molecule has 0 fully saturated rings. The summed E-state index contributed by atoms with van der Waals surface area (Å²) in [6.07, 6.45) is 13.2. The lowest BCUT2D eigenvalue weighted by Crippen LogP contribution is -2.31. The second-order valence-corrected chi connectivity index (χ2v) is 14.0. The van der Waals surface area contributed by atoms with Gasteiger partial charge in [-0.3, -0.25) is 0 Å². The predicted octanol–water partition coefficient (Wildman–Crippen LogP) is 8.58. The second kappa shape index (κ2) is 17.6. The van der Waals surface area contributed by atoms with Crippen molar-refractivity contribution in [1.29, 1.82) is 0 Å². The normalized spacial score (nSPS) is 20.7. The quantitative estimate of drug-likeness (QED) is 0.127. The first-order valence-electron chi connectivity index (χ1n) is 19.1. The molecule has 3 aromatic rings. The number of benzene rings is 3. The Bertz CT molecular complexity index is 1390. The first-order valence-corrected chi connectivity index (χ1v) is 19.1. The number of rotatable bonds is 17. The van der Waals surface area contributed by atoms with Gasteiger partial charge in [-0.05, 0) is 167 Å². The van der Waals surface area contributed by atoms with Crippen molar-refractivity contribution in [2.75, 3.05) is 39.5 Å². The summed E-state index contributed by atoms with van der Waals surface area (Å²) in [6.45, 7) is 11.5. The second-order valence-electron chi connectivity index (χ2n) is 14.0. The fourth-order valence-corrected chi connectivity index (χ4v) is 8.45. The van der Waals surface area contributed by atoms with Crippen molar-refractivity contribution in [1.82, 2.24) is 16.0 Å². The summed E-state index contributed by atoms with van der Waals surface area (Å²) in [4.78, 5) is 0. The molecular formula is C42H59N3O3. The predicted molar refractivity (Wildman–Crippen MR) is 197 cm³/mol. The van der Waals surface area contributed by atoms with E-state index in [1.807, 2.05) is 0 Å². The molecule has 0 aliphatic carbocycles. The average Bonchev–Trinajstić information content (AvgIpc) is 3.11. The minimum atomic E-state index is 0.432. The Morgan fingerprint density at radius 3 is 1.31 bits per heavy atom. The molecule has 0 bridgehead atoms. The lowest BCUT2D eigenvalue weighted by molar-refractivity contribution is 0.320. The summed E-state index contributed by atoms with van der Waals surface area (Å²) >= 11 is 0. The Labute approximate surface area is 289 Å². The molecule has 3 aromatic carbocycles. The summed E-state index contributed by atoms with van der Waals surface area (Å²) in [7, 11) is 0. The minimum absolute atomic E-state index is 0.432. The summed E-state index contributed by atoms with van der Waals surface area (Å²) in [5, 5.41) is 11.5. The fourth-order valence-electron chi connectivity index (χ4n) is 8.45. The van der Waals surface area contributed by atoms with E-state index in [-0.39, 0.29) is 0 Å². The molecule has 0 saturated heterocycles. The van der Waals surface area contributed by atoms with Crippen molar-refractivity contribution in [3.63, 3.8) is 0 Å². The number of unbranched alkanes of at least 4 members (excludes halogenated alkanes) is 1. The van der Waals surface area contributed by atoms with E-state index in [9.17, 15) is 0 Å². The lowest BCUT2D eigenvalue weighted by Gasteiger charge is -2.31. The van der Waals surface area contributed by atoms with E-state index in [1.165, 1.54) is 84.7 Å². The molecule has 3 aliphatic rings. The van der Waals surface area contributed by atoms with Crippen molar-refractivity contribution in [3.8, 4) is 17.2 Å². The molecule has 0 aromatic heterocycles. The van der Waals surface area contributed by atoms with Crippen LogP contribution in [0.3, 0.4) is 0 Å². The number of hydrogen-bond acceptors (Lipinski definition) is 6. The third-order valence-corrected chi connectivity index (χ3v) is 10.8. The van der Waals surface area contributed by atoms with Gasteiger partial charge in [-0.25, -0.2) is 0 Å². The van der Waals surface area contributed by atoms with Gasteiger partial charge in [0.2, 0.25) is 0 Å². The van der Waals surface area contributed by atoms with E-state index in [0.717, 1.165) is 68.7 Å². The van der Waals surface area contributed by atoms with E-state index in [0.29, 0.717) is 31.3 Å². The zero-order valence-corrected chi connectivity index (χ0v) is 29.8. The molecule has 3 unspecified atom stereocenters. The maximum absolute atomic E-state index is 5.83. The average molecular weight is 654 g/mol. The van der Waals surface area contributed by atoms with Crippen LogP contribution in [0.2, 0.25) is 0 Å². The minimum Gasteiger partial charge on any atom is -0.494 e. The number of nitrogens with one attached hydrogen (secondary N) is 3.